The van der Waals surface area contributed by atoms with E-state index in [0.717, 1.165) is 33.7 Å². The highest BCUT2D eigenvalue weighted by Gasteiger charge is 2.33. The highest BCUT2D eigenvalue weighted by atomic mass is 16.6. The van der Waals surface area contributed by atoms with Crippen LogP contribution < -0.4 is 4.74 Å². The predicted molar refractivity (Wildman–Crippen MR) is 130 cm³/mol. The Morgan fingerprint density at radius 2 is 1.77 bits per heavy atom. The number of rotatable bonds is 8. The Balaban J connectivity index is 1.17. The zero-order valence-electron chi connectivity index (χ0n) is 19.2. The van der Waals surface area contributed by atoms with Gasteiger partial charge in [-0.05, 0) is 42.3 Å². The van der Waals surface area contributed by atoms with E-state index in [1.165, 1.54) is 0 Å². The molecule has 0 spiro atoms. The standard InChI is InChI=1S/C28H24N2O5/c1-18-26(29-27(35-18)20-7-3-2-4-8-20)17-33-21-13-11-19(12-14-21)16-34-30-25-15-24(28(31)32)22-9-5-6-10-23(22)25/h2-14,24H,15-17H2,1H3,(H,31,32). The average molecular weight is 469 g/mol. The van der Waals surface area contributed by atoms with Crippen LogP contribution in [0.15, 0.2) is 88.4 Å². The van der Waals surface area contributed by atoms with Crippen molar-refractivity contribution in [3.63, 3.8) is 0 Å². The van der Waals surface area contributed by atoms with Crippen molar-refractivity contribution in [2.75, 3.05) is 0 Å². The summed E-state index contributed by atoms with van der Waals surface area (Å²) in [6, 6.07) is 24.7. The van der Waals surface area contributed by atoms with E-state index in [2.05, 4.69) is 10.1 Å². The number of carbonyl (C=O) groups is 1. The van der Waals surface area contributed by atoms with E-state index < -0.39 is 11.9 Å². The van der Waals surface area contributed by atoms with Crippen LogP contribution >= 0.6 is 0 Å². The number of ether oxygens (including phenoxy) is 1. The van der Waals surface area contributed by atoms with Crippen molar-refractivity contribution < 1.29 is 23.9 Å². The first-order valence-corrected chi connectivity index (χ1v) is 11.3. The molecule has 1 aliphatic carbocycles. The van der Waals surface area contributed by atoms with Gasteiger partial charge in [-0.3, -0.25) is 4.79 Å². The number of hydrogen-bond donors (Lipinski definition) is 1. The zero-order valence-corrected chi connectivity index (χ0v) is 19.2. The SMILES string of the molecule is Cc1oc(-c2ccccc2)nc1COc1ccc(CON=C2CC(C(=O)O)c3ccccc32)cc1. The number of oxime groups is 1. The smallest absolute Gasteiger partial charge is 0.311 e. The van der Waals surface area contributed by atoms with Crippen LogP contribution in [-0.2, 0) is 22.8 Å². The van der Waals surface area contributed by atoms with Crippen molar-refractivity contribution in [2.24, 2.45) is 5.16 Å². The first-order valence-electron chi connectivity index (χ1n) is 11.3. The maximum absolute atomic E-state index is 11.5. The van der Waals surface area contributed by atoms with Gasteiger partial charge in [0.1, 0.15) is 30.4 Å². The molecule has 1 aliphatic rings. The Bertz CT molecular complexity index is 1360. The molecule has 0 bridgehead atoms. The normalized spacial score (nSPS) is 15.7. The van der Waals surface area contributed by atoms with Gasteiger partial charge in [-0.25, -0.2) is 4.98 Å². The lowest BCUT2D eigenvalue weighted by atomic mass is 10.0. The van der Waals surface area contributed by atoms with Gasteiger partial charge in [-0.15, -0.1) is 0 Å². The van der Waals surface area contributed by atoms with E-state index in [1.54, 1.807) is 0 Å². The fourth-order valence-electron chi connectivity index (χ4n) is 4.07. The number of benzene rings is 3. The fraction of sp³-hybridized carbons (Fsp3) is 0.179. The largest absolute Gasteiger partial charge is 0.487 e. The lowest BCUT2D eigenvalue weighted by Gasteiger charge is -2.06. The zero-order chi connectivity index (χ0) is 24.2. The van der Waals surface area contributed by atoms with Crippen molar-refractivity contribution in [3.05, 3.63) is 107 Å². The minimum absolute atomic E-state index is 0.270. The number of aliphatic carboxylic acids is 1. The van der Waals surface area contributed by atoms with Crippen molar-refractivity contribution in [3.8, 4) is 17.2 Å². The maximum atomic E-state index is 11.5. The summed E-state index contributed by atoms with van der Waals surface area (Å²) in [6.45, 7) is 2.45. The molecule has 0 saturated carbocycles. The Morgan fingerprint density at radius 1 is 1.03 bits per heavy atom. The van der Waals surface area contributed by atoms with Gasteiger partial charge in [0.15, 0.2) is 0 Å². The molecule has 1 unspecified atom stereocenters. The molecule has 1 N–H and O–H groups in total. The molecule has 1 heterocycles. The first-order chi connectivity index (χ1) is 17.1. The number of oxazole rings is 1. The van der Waals surface area contributed by atoms with E-state index >= 15 is 0 Å². The molecule has 1 aromatic heterocycles. The van der Waals surface area contributed by atoms with E-state index in [9.17, 15) is 9.90 Å². The lowest BCUT2D eigenvalue weighted by Crippen LogP contribution is -2.08. The Hall–Kier alpha value is -4.39. The van der Waals surface area contributed by atoms with Crippen molar-refractivity contribution in [1.82, 2.24) is 4.98 Å². The van der Waals surface area contributed by atoms with Crippen molar-refractivity contribution in [2.45, 2.75) is 32.5 Å². The van der Waals surface area contributed by atoms with Gasteiger partial charge in [0, 0.05) is 17.5 Å². The summed E-state index contributed by atoms with van der Waals surface area (Å²) < 4.78 is 11.7. The fourth-order valence-corrected chi connectivity index (χ4v) is 4.07. The predicted octanol–water partition coefficient (Wildman–Crippen LogP) is 5.72. The maximum Gasteiger partial charge on any atom is 0.311 e. The van der Waals surface area contributed by atoms with E-state index in [0.29, 0.717) is 30.4 Å². The highest BCUT2D eigenvalue weighted by molar-refractivity contribution is 6.08. The quantitative estimate of drug-likeness (QED) is 0.332. The highest BCUT2D eigenvalue weighted by Crippen LogP contribution is 2.33. The number of carboxylic acids is 1. The molecular formula is C28H24N2O5. The van der Waals surface area contributed by atoms with Gasteiger partial charge >= 0.3 is 5.97 Å². The topological polar surface area (TPSA) is 94.2 Å². The Kier molecular flexibility index (Phi) is 6.30. The monoisotopic (exact) mass is 468 g/mol. The Labute approximate surface area is 202 Å². The molecular weight excluding hydrogens is 444 g/mol. The van der Waals surface area contributed by atoms with E-state index in [4.69, 9.17) is 14.0 Å². The van der Waals surface area contributed by atoms with Gasteiger partial charge < -0.3 is 19.1 Å². The average Bonchev–Trinajstić information content (AvgIpc) is 3.45. The molecule has 3 aromatic carbocycles. The molecule has 176 valence electrons. The van der Waals surface area contributed by atoms with Gasteiger partial charge in [0.2, 0.25) is 5.89 Å². The van der Waals surface area contributed by atoms with Crippen LogP contribution in [0.25, 0.3) is 11.5 Å². The molecule has 7 heteroatoms. The summed E-state index contributed by atoms with van der Waals surface area (Å²) in [5.74, 6) is 0.581. The lowest BCUT2D eigenvalue weighted by molar-refractivity contribution is -0.138. The van der Waals surface area contributed by atoms with E-state index in [-0.39, 0.29) is 6.61 Å². The van der Waals surface area contributed by atoms with Gasteiger partial charge in [-0.2, -0.15) is 0 Å². The summed E-state index contributed by atoms with van der Waals surface area (Å²) in [7, 11) is 0. The summed E-state index contributed by atoms with van der Waals surface area (Å²) in [6.07, 6.45) is 0.328. The number of hydrogen-bond acceptors (Lipinski definition) is 6. The molecule has 0 aliphatic heterocycles. The van der Waals surface area contributed by atoms with Gasteiger partial charge in [0.25, 0.3) is 0 Å². The van der Waals surface area contributed by atoms with Crippen LogP contribution in [0.3, 0.4) is 0 Å². The minimum atomic E-state index is -0.852. The second-order valence-electron chi connectivity index (χ2n) is 8.31. The molecule has 0 radical (unpaired) electrons. The number of aryl methyl sites for hydroxylation is 1. The molecule has 0 amide bonds. The van der Waals surface area contributed by atoms with Crippen molar-refractivity contribution in [1.29, 1.82) is 0 Å². The number of fused-ring (bicyclic) bond motifs is 1. The summed E-state index contributed by atoms with van der Waals surface area (Å²) in [5, 5.41) is 13.7. The number of aromatic nitrogens is 1. The van der Waals surface area contributed by atoms with Crippen LogP contribution in [-0.4, -0.2) is 21.8 Å². The van der Waals surface area contributed by atoms with Crippen LogP contribution in [0, 0.1) is 6.92 Å². The van der Waals surface area contributed by atoms with Gasteiger partial charge in [-0.1, -0.05) is 59.8 Å². The number of nitrogens with zero attached hydrogens (tertiary/aromatic N) is 2. The number of carboxylic acid groups (broad SMARTS) is 1. The van der Waals surface area contributed by atoms with Crippen LogP contribution in [0.4, 0.5) is 0 Å². The minimum Gasteiger partial charge on any atom is -0.487 e. The molecule has 35 heavy (non-hydrogen) atoms. The second-order valence-corrected chi connectivity index (χ2v) is 8.31. The third kappa shape index (κ3) is 4.94. The van der Waals surface area contributed by atoms with Gasteiger partial charge in [0.05, 0.1) is 11.6 Å². The van der Waals surface area contributed by atoms with Crippen molar-refractivity contribution >= 4 is 11.7 Å². The molecule has 4 aromatic rings. The first kappa shape index (κ1) is 22.4. The summed E-state index contributed by atoms with van der Waals surface area (Å²) >= 11 is 0. The molecule has 0 fully saturated rings. The second kappa shape index (κ2) is 9.85. The summed E-state index contributed by atoms with van der Waals surface area (Å²) in [5.41, 5.74) is 4.87. The third-order valence-electron chi connectivity index (χ3n) is 5.96. The molecule has 1 atom stereocenters. The molecule has 0 saturated heterocycles. The summed E-state index contributed by atoms with van der Waals surface area (Å²) in [4.78, 5) is 21.7. The molecule has 7 nitrogen and oxygen atoms in total. The molecule has 5 rings (SSSR count). The van der Waals surface area contributed by atoms with Crippen LogP contribution in [0.5, 0.6) is 5.75 Å². The van der Waals surface area contributed by atoms with E-state index in [1.807, 2.05) is 85.8 Å². The third-order valence-corrected chi connectivity index (χ3v) is 5.96. The van der Waals surface area contributed by atoms with Crippen LogP contribution in [0.2, 0.25) is 0 Å². The van der Waals surface area contributed by atoms with Crippen LogP contribution in [0.1, 0.15) is 40.5 Å². The Morgan fingerprint density at radius 3 is 2.54 bits per heavy atom.